The van der Waals surface area contributed by atoms with Crippen LogP contribution in [0.2, 0.25) is 10.0 Å². The summed E-state index contributed by atoms with van der Waals surface area (Å²) in [5.41, 5.74) is 0.913. The Labute approximate surface area is 188 Å². The van der Waals surface area contributed by atoms with Gasteiger partial charge in [0.2, 0.25) is 11.2 Å². The zero-order valence-electron chi connectivity index (χ0n) is 16.8. The second-order valence-electron chi connectivity index (χ2n) is 6.75. The quantitative estimate of drug-likeness (QED) is 0.319. The molecule has 0 spiro atoms. The van der Waals surface area contributed by atoms with Gasteiger partial charge in [-0.3, -0.25) is 4.79 Å². The zero-order chi connectivity index (χ0) is 22.0. The molecule has 0 radical (unpaired) electrons. The zero-order valence-corrected chi connectivity index (χ0v) is 18.3. The van der Waals surface area contributed by atoms with Crippen LogP contribution in [-0.2, 0) is 6.61 Å². The van der Waals surface area contributed by atoms with Gasteiger partial charge in [0.1, 0.15) is 23.7 Å². The first-order valence-corrected chi connectivity index (χ1v) is 10.2. The predicted molar refractivity (Wildman–Crippen MR) is 121 cm³/mol. The van der Waals surface area contributed by atoms with Crippen molar-refractivity contribution >= 4 is 34.2 Å². The van der Waals surface area contributed by atoms with Crippen molar-refractivity contribution in [3.05, 3.63) is 92.3 Å². The van der Waals surface area contributed by atoms with Crippen molar-refractivity contribution in [1.29, 1.82) is 0 Å². The lowest BCUT2D eigenvalue weighted by molar-refractivity contribution is 0.306. The Bertz CT molecular complexity index is 1310. The summed E-state index contributed by atoms with van der Waals surface area (Å²) in [7, 11) is 1.54. The lowest BCUT2D eigenvalue weighted by atomic mass is 10.2. The molecule has 0 N–H and O–H groups in total. The lowest BCUT2D eigenvalue weighted by Crippen LogP contribution is -2.08. The van der Waals surface area contributed by atoms with E-state index in [2.05, 4.69) is 0 Å². The van der Waals surface area contributed by atoms with E-state index < -0.39 is 0 Å². The van der Waals surface area contributed by atoms with Crippen LogP contribution in [0.15, 0.2) is 69.9 Å². The van der Waals surface area contributed by atoms with Crippen molar-refractivity contribution < 1.29 is 18.6 Å². The average molecular weight is 457 g/mol. The molecule has 0 aliphatic heterocycles. The van der Waals surface area contributed by atoms with Gasteiger partial charge in [-0.25, -0.2) is 0 Å². The second kappa shape index (κ2) is 8.92. The highest BCUT2D eigenvalue weighted by Gasteiger charge is 2.16. The van der Waals surface area contributed by atoms with Gasteiger partial charge in [0.05, 0.1) is 12.5 Å². The summed E-state index contributed by atoms with van der Waals surface area (Å²) in [6.07, 6.45) is 0. The fraction of sp³-hybridized carbons (Fsp3) is 0.125. The minimum atomic E-state index is -0.281. The molecule has 0 saturated carbocycles. The van der Waals surface area contributed by atoms with E-state index in [1.807, 2.05) is 6.07 Å². The van der Waals surface area contributed by atoms with E-state index in [0.29, 0.717) is 44.0 Å². The number of ether oxygens (including phenoxy) is 3. The summed E-state index contributed by atoms with van der Waals surface area (Å²) in [4.78, 5) is 13.0. The van der Waals surface area contributed by atoms with Crippen LogP contribution in [0.25, 0.3) is 11.0 Å². The molecule has 0 amide bonds. The molecule has 0 aliphatic carbocycles. The highest BCUT2D eigenvalue weighted by molar-refractivity contribution is 6.35. The molecule has 4 aromatic rings. The molecule has 0 aliphatic rings. The van der Waals surface area contributed by atoms with Crippen LogP contribution in [-0.4, -0.2) is 7.11 Å². The number of para-hydroxylation sites is 2. The molecule has 0 bridgehead atoms. The largest absolute Gasteiger partial charge is 0.493 e. The molecule has 0 fully saturated rings. The minimum Gasteiger partial charge on any atom is -0.493 e. The van der Waals surface area contributed by atoms with E-state index >= 15 is 0 Å². The Morgan fingerprint density at radius 2 is 1.74 bits per heavy atom. The topological polar surface area (TPSA) is 57.9 Å². The van der Waals surface area contributed by atoms with E-state index in [1.165, 1.54) is 7.11 Å². The first-order valence-electron chi connectivity index (χ1n) is 9.41. The van der Waals surface area contributed by atoms with Gasteiger partial charge < -0.3 is 18.6 Å². The summed E-state index contributed by atoms with van der Waals surface area (Å²) < 4.78 is 22.8. The molecular weight excluding hydrogens is 439 g/mol. The van der Waals surface area contributed by atoms with Gasteiger partial charge in [0.15, 0.2) is 11.5 Å². The smallest absolute Gasteiger partial charge is 0.235 e. The van der Waals surface area contributed by atoms with Crippen LogP contribution in [0.5, 0.6) is 23.0 Å². The number of aryl methyl sites for hydroxylation is 1. The van der Waals surface area contributed by atoms with Gasteiger partial charge >= 0.3 is 0 Å². The van der Waals surface area contributed by atoms with Crippen LogP contribution in [0.4, 0.5) is 0 Å². The van der Waals surface area contributed by atoms with E-state index in [0.717, 1.165) is 5.56 Å². The summed E-state index contributed by atoms with van der Waals surface area (Å²) in [6.45, 7) is 1.92. The van der Waals surface area contributed by atoms with E-state index in [1.54, 1.807) is 61.5 Å². The third-order valence-corrected chi connectivity index (χ3v) is 5.26. The number of benzene rings is 3. The van der Waals surface area contributed by atoms with Crippen molar-refractivity contribution in [3.63, 3.8) is 0 Å². The number of halogens is 2. The van der Waals surface area contributed by atoms with Crippen LogP contribution in [0.1, 0.15) is 11.3 Å². The Balaban J connectivity index is 1.62. The van der Waals surface area contributed by atoms with Gasteiger partial charge in [-0.15, -0.1) is 0 Å². The number of methoxy groups -OCH3 is 1. The molecule has 158 valence electrons. The average Bonchev–Trinajstić information content (AvgIpc) is 2.76. The monoisotopic (exact) mass is 456 g/mol. The standard InChI is InChI=1S/C24H18Cl2O5/c1-14-24(31-21-6-4-3-5-20(21)28-2)23(27)18-10-9-17(12-22(18)30-14)29-13-15-7-8-16(25)11-19(15)26/h3-12H,13H2,1-2H3. The molecule has 0 atom stereocenters. The Kier molecular flexibility index (Phi) is 6.07. The summed E-state index contributed by atoms with van der Waals surface area (Å²) in [5, 5.41) is 1.46. The van der Waals surface area contributed by atoms with Crippen LogP contribution in [0, 0.1) is 6.92 Å². The van der Waals surface area contributed by atoms with E-state index in [-0.39, 0.29) is 17.8 Å². The van der Waals surface area contributed by atoms with Gasteiger partial charge in [-0.1, -0.05) is 41.4 Å². The number of fused-ring (bicyclic) bond motifs is 1. The van der Waals surface area contributed by atoms with Gasteiger partial charge in [0.25, 0.3) is 0 Å². The fourth-order valence-electron chi connectivity index (χ4n) is 3.09. The Morgan fingerprint density at radius 3 is 2.48 bits per heavy atom. The molecule has 4 rings (SSSR count). The van der Waals surface area contributed by atoms with Crippen LogP contribution < -0.4 is 19.6 Å². The normalized spacial score (nSPS) is 10.8. The third kappa shape index (κ3) is 4.48. The maximum Gasteiger partial charge on any atom is 0.235 e. The summed E-state index contributed by atoms with van der Waals surface area (Å²) in [6, 6.07) is 17.3. The number of hydrogen-bond donors (Lipinski definition) is 0. The number of rotatable bonds is 6. The summed E-state index contributed by atoms with van der Waals surface area (Å²) >= 11 is 12.1. The molecule has 1 heterocycles. The highest BCUT2D eigenvalue weighted by atomic mass is 35.5. The minimum absolute atomic E-state index is 0.110. The second-order valence-corrected chi connectivity index (χ2v) is 7.60. The highest BCUT2D eigenvalue weighted by Crippen LogP contribution is 2.33. The predicted octanol–water partition coefficient (Wildman–Crippen LogP) is 6.79. The maximum atomic E-state index is 13.0. The molecular formula is C24H18Cl2O5. The van der Waals surface area contributed by atoms with Gasteiger partial charge in [-0.05, 0) is 43.3 Å². The first-order chi connectivity index (χ1) is 15.0. The molecule has 5 nitrogen and oxygen atoms in total. The van der Waals surface area contributed by atoms with Gasteiger partial charge in [-0.2, -0.15) is 0 Å². The van der Waals surface area contributed by atoms with Crippen molar-refractivity contribution in [2.24, 2.45) is 0 Å². The van der Waals surface area contributed by atoms with E-state index in [4.69, 9.17) is 41.8 Å². The van der Waals surface area contributed by atoms with Crippen molar-refractivity contribution in [2.75, 3.05) is 7.11 Å². The number of hydrogen-bond acceptors (Lipinski definition) is 5. The van der Waals surface area contributed by atoms with Gasteiger partial charge in [0, 0.05) is 21.7 Å². The Morgan fingerprint density at radius 1 is 0.968 bits per heavy atom. The van der Waals surface area contributed by atoms with Crippen molar-refractivity contribution in [2.45, 2.75) is 13.5 Å². The van der Waals surface area contributed by atoms with Crippen molar-refractivity contribution in [3.8, 4) is 23.0 Å². The molecule has 0 saturated heterocycles. The van der Waals surface area contributed by atoms with Crippen molar-refractivity contribution in [1.82, 2.24) is 0 Å². The SMILES string of the molecule is COc1ccccc1Oc1c(C)oc2cc(OCc3ccc(Cl)cc3Cl)ccc2c1=O. The fourth-order valence-corrected chi connectivity index (χ4v) is 3.55. The molecule has 3 aromatic carbocycles. The maximum absolute atomic E-state index is 13.0. The molecule has 31 heavy (non-hydrogen) atoms. The summed E-state index contributed by atoms with van der Waals surface area (Å²) in [5.74, 6) is 1.95. The van der Waals surface area contributed by atoms with E-state index in [9.17, 15) is 4.79 Å². The third-order valence-electron chi connectivity index (χ3n) is 4.68. The molecule has 7 heteroatoms. The van der Waals surface area contributed by atoms with Crippen LogP contribution in [0.3, 0.4) is 0 Å². The first kappa shape index (κ1) is 21.1. The van der Waals surface area contributed by atoms with Crippen LogP contribution >= 0.6 is 23.2 Å². The molecule has 0 unspecified atom stereocenters. The Hall–Kier alpha value is -3.15. The molecule has 1 aromatic heterocycles. The lowest BCUT2D eigenvalue weighted by Gasteiger charge is -2.12.